The topological polar surface area (TPSA) is 36.1 Å². The highest BCUT2D eigenvalue weighted by Crippen LogP contribution is 2.33. The van der Waals surface area contributed by atoms with E-state index in [0.717, 1.165) is 0 Å². The Labute approximate surface area is 83.7 Å². The van der Waals surface area contributed by atoms with Gasteiger partial charge in [0.1, 0.15) is 11.1 Å². The average molecular weight is 218 g/mol. The molecule has 0 aromatic carbocycles. The van der Waals surface area contributed by atoms with E-state index >= 15 is 0 Å². The van der Waals surface area contributed by atoms with Crippen LogP contribution in [0.25, 0.3) is 0 Å². The molecule has 0 unspecified atom stereocenters. The van der Waals surface area contributed by atoms with Crippen molar-refractivity contribution in [2.45, 2.75) is 19.5 Å². The summed E-state index contributed by atoms with van der Waals surface area (Å²) in [4.78, 5) is 3.39. The maximum Gasteiger partial charge on any atom is 0.414 e. The van der Waals surface area contributed by atoms with E-state index in [-0.39, 0.29) is 17.1 Å². The molecule has 0 aliphatic carbocycles. The number of allylic oxidation sites excluding steroid dienone is 1. The first kappa shape index (κ1) is 10.9. The summed E-state index contributed by atoms with van der Waals surface area (Å²) in [7, 11) is 0. The lowest BCUT2D eigenvalue weighted by Gasteiger charge is -2.17. The van der Waals surface area contributed by atoms with E-state index in [1.54, 1.807) is 0 Å². The fourth-order valence-electron chi connectivity index (χ4n) is 1.10. The Morgan fingerprint density at radius 1 is 1.50 bits per heavy atom. The van der Waals surface area contributed by atoms with Crippen LogP contribution in [-0.4, -0.2) is 16.9 Å². The Morgan fingerprint density at radius 2 is 2.07 bits per heavy atom. The largest absolute Gasteiger partial charge is 0.414 e. The molecule has 14 heavy (non-hydrogen) atoms. The molecule has 0 saturated heterocycles. The first-order valence-corrected chi connectivity index (χ1v) is 4.06. The number of halogens is 3. The minimum Gasteiger partial charge on any atom is -0.245 e. The van der Waals surface area contributed by atoms with Gasteiger partial charge < -0.3 is 0 Å². The fourth-order valence-corrected chi connectivity index (χ4v) is 1.42. The number of thiocarbonyl (C=S) groups is 1. The molecule has 0 atom stereocenters. The highest BCUT2D eigenvalue weighted by molar-refractivity contribution is 7.80. The highest BCUT2D eigenvalue weighted by atomic mass is 32.1. The van der Waals surface area contributed by atoms with E-state index in [1.807, 2.05) is 0 Å². The number of hydrogen-bond donors (Lipinski definition) is 0. The van der Waals surface area contributed by atoms with Gasteiger partial charge in [0, 0.05) is 12.1 Å². The van der Waals surface area contributed by atoms with Crippen LogP contribution in [0, 0.1) is 11.3 Å². The summed E-state index contributed by atoms with van der Waals surface area (Å²) in [6.07, 6.45) is -4.86. The molecule has 0 N–H and O–H groups in total. The Kier molecular flexibility index (Phi) is 2.71. The molecule has 0 aromatic rings. The van der Waals surface area contributed by atoms with Gasteiger partial charge in [0.25, 0.3) is 0 Å². The minimum absolute atomic E-state index is 0.274. The summed E-state index contributed by atoms with van der Waals surface area (Å²) in [6.45, 7) is 1.45. The Bertz CT molecular complexity index is 384. The number of rotatable bonds is 0. The predicted octanol–water partition coefficient (Wildman–Crippen LogP) is 2.56. The van der Waals surface area contributed by atoms with E-state index < -0.39 is 17.3 Å². The number of nitriles is 1. The number of hydrogen-bond acceptors (Lipinski definition) is 2. The SMILES string of the molecule is CC1=NC(=S)C(C#N)=C(C(F)(F)F)C1. The van der Waals surface area contributed by atoms with Gasteiger partial charge in [-0.1, -0.05) is 12.2 Å². The molecule has 0 spiro atoms. The number of alkyl halides is 3. The third-order valence-corrected chi connectivity index (χ3v) is 1.99. The molecular weight excluding hydrogens is 213 g/mol. The van der Waals surface area contributed by atoms with E-state index in [0.29, 0.717) is 0 Å². The van der Waals surface area contributed by atoms with E-state index in [2.05, 4.69) is 17.2 Å². The Balaban J connectivity index is 3.25. The van der Waals surface area contributed by atoms with Gasteiger partial charge in [-0.25, -0.2) is 4.99 Å². The van der Waals surface area contributed by atoms with Gasteiger partial charge in [-0.15, -0.1) is 0 Å². The van der Waals surface area contributed by atoms with Gasteiger partial charge in [-0.05, 0) is 6.92 Å². The van der Waals surface area contributed by atoms with E-state index in [9.17, 15) is 13.2 Å². The molecule has 1 aliphatic rings. The minimum atomic E-state index is -4.51. The zero-order valence-electron chi connectivity index (χ0n) is 7.14. The quantitative estimate of drug-likeness (QED) is 0.586. The van der Waals surface area contributed by atoms with Crippen LogP contribution in [-0.2, 0) is 0 Å². The van der Waals surface area contributed by atoms with Gasteiger partial charge >= 0.3 is 6.18 Å². The third kappa shape index (κ3) is 1.99. The molecule has 0 bridgehead atoms. The molecule has 1 heterocycles. The second kappa shape index (κ2) is 3.50. The zero-order chi connectivity index (χ0) is 10.9. The lowest BCUT2D eigenvalue weighted by molar-refractivity contribution is -0.0928. The van der Waals surface area contributed by atoms with Crippen molar-refractivity contribution in [2.24, 2.45) is 4.99 Å². The maximum atomic E-state index is 12.4. The zero-order valence-corrected chi connectivity index (χ0v) is 7.96. The summed E-state index contributed by atoms with van der Waals surface area (Å²) in [5.41, 5.74) is -1.14. The Hall–Kier alpha value is -1.22. The Morgan fingerprint density at radius 3 is 2.50 bits per heavy atom. The molecule has 0 fully saturated rings. The van der Waals surface area contributed by atoms with Crippen LogP contribution in [0.3, 0.4) is 0 Å². The van der Waals surface area contributed by atoms with Crippen LogP contribution < -0.4 is 0 Å². The van der Waals surface area contributed by atoms with Crippen molar-refractivity contribution in [1.29, 1.82) is 5.26 Å². The monoisotopic (exact) mass is 218 g/mol. The van der Waals surface area contributed by atoms with Crippen molar-refractivity contribution in [3.05, 3.63) is 11.1 Å². The van der Waals surface area contributed by atoms with Gasteiger partial charge in [-0.2, -0.15) is 18.4 Å². The van der Waals surface area contributed by atoms with Crippen LogP contribution in [0.5, 0.6) is 0 Å². The van der Waals surface area contributed by atoms with Crippen LogP contribution >= 0.6 is 12.2 Å². The molecule has 74 valence electrons. The standard InChI is InChI=1S/C8H5F3N2S/c1-4-2-6(8(9,10)11)5(3-12)7(14)13-4/h2H2,1H3. The predicted molar refractivity (Wildman–Crippen MR) is 49.0 cm³/mol. The van der Waals surface area contributed by atoms with Gasteiger partial charge in [0.2, 0.25) is 0 Å². The molecule has 0 saturated carbocycles. The number of aliphatic imine (C=N–C) groups is 1. The van der Waals surface area contributed by atoms with Crippen molar-refractivity contribution in [3.8, 4) is 6.07 Å². The van der Waals surface area contributed by atoms with Crippen molar-refractivity contribution in [2.75, 3.05) is 0 Å². The summed E-state index contributed by atoms with van der Waals surface area (Å²) >= 11 is 4.58. The fraction of sp³-hybridized carbons (Fsp3) is 0.375. The first-order valence-electron chi connectivity index (χ1n) is 3.65. The van der Waals surface area contributed by atoms with Crippen molar-refractivity contribution in [3.63, 3.8) is 0 Å². The first-order chi connectivity index (χ1) is 6.36. The van der Waals surface area contributed by atoms with Gasteiger partial charge in [0.15, 0.2) is 0 Å². The molecule has 1 aliphatic heterocycles. The second-order valence-electron chi connectivity index (χ2n) is 2.79. The van der Waals surface area contributed by atoms with E-state index in [1.165, 1.54) is 13.0 Å². The number of dihydropyridines is 1. The van der Waals surface area contributed by atoms with Crippen molar-refractivity contribution in [1.82, 2.24) is 0 Å². The molecule has 1 rings (SSSR count). The van der Waals surface area contributed by atoms with Gasteiger partial charge in [0.05, 0.1) is 11.1 Å². The van der Waals surface area contributed by atoms with Crippen molar-refractivity contribution >= 4 is 22.9 Å². The molecule has 0 aromatic heterocycles. The van der Waals surface area contributed by atoms with Crippen molar-refractivity contribution < 1.29 is 13.2 Å². The normalized spacial score (nSPS) is 17.9. The molecule has 2 nitrogen and oxygen atoms in total. The highest BCUT2D eigenvalue weighted by Gasteiger charge is 2.39. The maximum absolute atomic E-state index is 12.4. The molecule has 0 radical (unpaired) electrons. The van der Waals surface area contributed by atoms with Gasteiger partial charge in [-0.3, -0.25) is 0 Å². The van der Waals surface area contributed by atoms with Crippen LogP contribution in [0.1, 0.15) is 13.3 Å². The van der Waals surface area contributed by atoms with Crippen LogP contribution in [0.4, 0.5) is 13.2 Å². The molecule has 6 heteroatoms. The molecule has 0 amide bonds. The van der Waals surface area contributed by atoms with Crippen LogP contribution in [0.15, 0.2) is 16.1 Å². The summed E-state index contributed by atoms with van der Waals surface area (Å²) in [6, 6.07) is 1.44. The second-order valence-corrected chi connectivity index (χ2v) is 3.18. The number of nitrogens with zero attached hydrogens (tertiary/aromatic N) is 2. The summed E-state index contributed by atoms with van der Waals surface area (Å²) < 4.78 is 37.2. The van der Waals surface area contributed by atoms with E-state index in [4.69, 9.17) is 5.26 Å². The lowest BCUT2D eigenvalue weighted by atomic mass is 10.00. The van der Waals surface area contributed by atoms with Crippen LogP contribution in [0.2, 0.25) is 0 Å². The third-order valence-electron chi connectivity index (χ3n) is 1.69. The summed E-state index contributed by atoms with van der Waals surface area (Å²) in [5, 5.41) is 8.52. The molecular formula is C8H5F3N2S. The smallest absolute Gasteiger partial charge is 0.245 e. The summed E-state index contributed by atoms with van der Waals surface area (Å²) in [5.74, 6) is 0. The lowest BCUT2D eigenvalue weighted by Crippen LogP contribution is -2.22. The average Bonchev–Trinajstić information content (AvgIpc) is 2.01.